The second-order valence-corrected chi connectivity index (χ2v) is 4.68. The first-order valence-corrected chi connectivity index (χ1v) is 6.10. The number of hydrogen-bond acceptors (Lipinski definition) is 5. The van der Waals surface area contributed by atoms with E-state index in [0.717, 1.165) is 25.2 Å². The van der Waals surface area contributed by atoms with Crippen LogP contribution in [0.5, 0.6) is 0 Å². The zero-order chi connectivity index (χ0) is 12.5. The lowest BCUT2D eigenvalue weighted by atomic mass is 9.98. The van der Waals surface area contributed by atoms with Crippen LogP contribution in [0.2, 0.25) is 0 Å². The number of aryl methyl sites for hydroxylation is 1. The van der Waals surface area contributed by atoms with Crippen molar-refractivity contribution in [3.63, 3.8) is 0 Å². The standard InChI is InChI=1S/C13H16N4O/c1-9-15-13(18-16-9)8-17-6-5-10-3-2-4-12(14)11(10)7-17/h2-4H,5-8,14H2,1H3. The molecule has 18 heavy (non-hydrogen) atoms. The molecule has 0 atom stereocenters. The van der Waals surface area contributed by atoms with Crippen molar-refractivity contribution >= 4 is 5.69 Å². The summed E-state index contributed by atoms with van der Waals surface area (Å²) in [6.07, 6.45) is 1.02. The molecule has 0 saturated carbocycles. The van der Waals surface area contributed by atoms with Crippen molar-refractivity contribution in [1.29, 1.82) is 0 Å². The van der Waals surface area contributed by atoms with Gasteiger partial charge in [-0.15, -0.1) is 0 Å². The quantitative estimate of drug-likeness (QED) is 0.811. The zero-order valence-corrected chi connectivity index (χ0v) is 10.4. The van der Waals surface area contributed by atoms with Crippen molar-refractivity contribution in [3.05, 3.63) is 41.0 Å². The molecule has 0 spiro atoms. The van der Waals surface area contributed by atoms with Gasteiger partial charge >= 0.3 is 0 Å². The molecule has 0 radical (unpaired) electrons. The largest absolute Gasteiger partial charge is 0.398 e. The lowest BCUT2D eigenvalue weighted by Gasteiger charge is -2.28. The van der Waals surface area contributed by atoms with Gasteiger partial charge in [-0.1, -0.05) is 17.3 Å². The molecule has 0 aliphatic carbocycles. The molecule has 2 aromatic rings. The minimum atomic E-state index is 0.672. The Morgan fingerprint density at radius 3 is 3.11 bits per heavy atom. The number of hydrogen-bond donors (Lipinski definition) is 1. The molecule has 1 aromatic carbocycles. The molecule has 0 unspecified atom stereocenters. The molecule has 0 amide bonds. The van der Waals surface area contributed by atoms with Gasteiger partial charge in [0.05, 0.1) is 6.54 Å². The van der Waals surface area contributed by atoms with Gasteiger partial charge < -0.3 is 10.3 Å². The molecule has 5 heteroatoms. The Kier molecular flexibility index (Phi) is 2.76. The fraction of sp³-hybridized carbons (Fsp3) is 0.385. The Morgan fingerprint density at radius 1 is 1.44 bits per heavy atom. The molecule has 0 fully saturated rings. The lowest BCUT2D eigenvalue weighted by molar-refractivity contribution is 0.211. The number of nitrogens with zero attached hydrogens (tertiary/aromatic N) is 3. The number of aromatic nitrogens is 2. The third-order valence-corrected chi connectivity index (χ3v) is 3.32. The number of rotatable bonds is 2. The molecule has 94 valence electrons. The molecule has 0 saturated heterocycles. The van der Waals surface area contributed by atoms with E-state index in [1.807, 2.05) is 19.1 Å². The van der Waals surface area contributed by atoms with E-state index in [0.29, 0.717) is 18.3 Å². The van der Waals surface area contributed by atoms with Crippen molar-refractivity contribution in [1.82, 2.24) is 15.0 Å². The van der Waals surface area contributed by atoms with E-state index >= 15 is 0 Å². The van der Waals surface area contributed by atoms with Crippen molar-refractivity contribution in [3.8, 4) is 0 Å². The smallest absolute Gasteiger partial charge is 0.240 e. The van der Waals surface area contributed by atoms with E-state index in [1.165, 1.54) is 11.1 Å². The van der Waals surface area contributed by atoms with Crippen molar-refractivity contribution < 1.29 is 4.52 Å². The van der Waals surface area contributed by atoms with E-state index in [-0.39, 0.29) is 0 Å². The van der Waals surface area contributed by atoms with Crippen molar-refractivity contribution in [2.75, 3.05) is 12.3 Å². The maximum absolute atomic E-state index is 6.02. The van der Waals surface area contributed by atoms with Crippen LogP contribution in [0.25, 0.3) is 0 Å². The highest BCUT2D eigenvalue weighted by Gasteiger charge is 2.19. The minimum absolute atomic E-state index is 0.672. The van der Waals surface area contributed by atoms with Crippen molar-refractivity contribution in [2.24, 2.45) is 0 Å². The van der Waals surface area contributed by atoms with Gasteiger partial charge in [-0.25, -0.2) is 0 Å². The predicted octanol–water partition coefficient (Wildman–Crippen LogP) is 1.52. The van der Waals surface area contributed by atoms with Gasteiger partial charge in [-0.2, -0.15) is 4.98 Å². The summed E-state index contributed by atoms with van der Waals surface area (Å²) in [6.45, 7) is 4.37. The predicted molar refractivity (Wildman–Crippen MR) is 67.7 cm³/mol. The summed E-state index contributed by atoms with van der Waals surface area (Å²) in [7, 11) is 0. The zero-order valence-electron chi connectivity index (χ0n) is 10.4. The molecule has 3 rings (SSSR count). The first-order valence-electron chi connectivity index (χ1n) is 6.10. The molecule has 0 bridgehead atoms. The summed E-state index contributed by atoms with van der Waals surface area (Å²) >= 11 is 0. The third kappa shape index (κ3) is 2.09. The van der Waals surface area contributed by atoms with E-state index in [9.17, 15) is 0 Å². The first-order chi connectivity index (χ1) is 8.72. The van der Waals surface area contributed by atoms with Gasteiger partial charge in [0.1, 0.15) is 0 Å². The molecule has 2 heterocycles. The van der Waals surface area contributed by atoms with Crippen LogP contribution in [-0.2, 0) is 19.5 Å². The molecule has 5 nitrogen and oxygen atoms in total. The number of nitrogens with two attached hydrogens (primary N) is 1. The fourth-order valence-electron chi connectivity index (χ4n) is 2.39. The number of fused-ring (bicyclic) bond motifs is 1. The number of benzene rings is 1. The van der Waals surface area contributed by atoms with Gasteiger partial charge in [0.25, 0.3) is 0 Å². The fourth-order valence-corrected chi connectivity index (χ4v) is 2.39. The Hall–Kier alpha value is -1.88. The second kappa shape index (κ2) is 4.42. The Bertz CT molecular complexity index is 564. The van der Waals surface area contributed by atoms with Crippen molar-refractivity contribution in [2.45, 2.75) is 26.4 Å². The Morgan fingerprint density at radius 2 is 2.33 bits per heavy atom. The topological polar surface area (TPSA) is 68.2 Å². The SMILES string of the molecule is Cc1noc(CN2CCc3cccc(N)c3C2)n1. The molecule has 1 aromatic heterocycles. The summed E-state index contributed by atoms with van der Waals surface area (Å²) in [5.41, 5.74) is 9.49. The van der Waals surface area contributed by atoms with E-state index in [2.05, 4.69) is 21.1 Å². The second-order valence-electron chi connectivity index (χ2n) is 4.68. The van der Waals surface area contributed by atoms with E-state index in [1.54, 1.807) is 0 Å². The van der Waals surface area contributed by atoms with Crippen LogP contribution in [-0.4, -0.2) is 21.6 Å². The highest BCUT2D eigenvalue weighted by atomic mass is 16.5. The third-order valence-electron chi connectivity index (χ3n) is 3.32. The average Bonchev–Trinajstić information content (AvgIpc) is 2.76. The summed E-state index contributed by atoms with van der Waals surface area (Å²) in [4.78, 5) is 6.52. The van der Waals surface area contributed by atoms with Crippen LogP contribution in [0, 0.1) is 6.92 Å². The molecule has 2 N–H and O–H groups in total. The Labute approximate surface area is 106 Å². The van der Waals surface area contributed by atoms with Gasteiger partial charge in [-0.05, 0) is 30.5 Å². The van der Waals surface area contributed by atoms with Crippen LogP contribution >= 0.6 is 0 Å². The van der Waals surface area contributed by atoms with Crippen LogP contribution in [0.15, 0.2) is 22.7 Å². The lowest BCUT2D eigenvalue weighted by Crippen LogP contribution is -2.30. The summed E-state index contributed by atoms with van der Waals surface area (Å²) in [5, 5.41) is 3.81. The molecule has 1 aliphatic rings. The first kappa shape index (κ1) is 11.2. The van der Waals surface area contributed by atoms with Crippen LogP contribution in [0.4, 0.5) is 5.69 Å². The molecule has 1 aliphatic heterocycles. The molecular formula is C13H16N4O. The van der Waals surface area contributed by atoms with Crippen LogP contribution < -0.4 is 5.73 Å². The maximum atomic E-state index is 6.02. The van der Waals surface area contributed by atoms with Gasteiger partial charge in [-0.3, -0.25) is 4.90 Å². The Balaban J connectivity index is 1.76. The minimum Gasteiger partial charge on any atom is -0.398 e. The highest BCUT2D eigenvalue weighted by Crippen LogP contribution is 2.24. The summed E-state index contributed by atoms with van der Waals surface area (Å²) < 4.78 is 5.15. The van der Waals surface area contributed by atoms with E-state index in [4.69, 9.17) is 10.3 Å². The van der Waals surface area contributed by atoms with Gasteiger partial charge in [0.2, 0.25) is 5.89 Å². The number of nitrogen functional groups attached to an aromatic ring is 1. The van der Waals surface area contributed by atoms with Gasteiger partial charge in [0.15, 0.2) is 5.82 Å². The summed E-state index contributed by atoms with van der Waals surface area (Å²) in [6, 6.07) is 6.13. The maximum Gasteiger partial charge on any atom is 0.240 e. The average molecular weight is 244 g/mol. The monoisotopic (exact) mass is 244 g/mol. The highest BCUT2D eigenvalue weighted by molar-refractivity contribution is 5.51. The van der Waals surface area contributed by atoms with Gasteiger partial charge in [0, 0.05) is 18.8 Å². The molecular weight excluding hydrogens is 228 g/mol. The normalized spacial score (nSPS) is 15.6. The number of anilines is 1. The summed E-state index contributed by atoms with van der Waals surface area (Å²) in [5.74, 6) is 1.35. The van der Waals surface area contributed by atoms with E-state index < -0.39 is 0 Å². The van der Waals surface area contributed by atoms with Crippen LogP contribution in [0.3, 0.4) is 0 Å². The van der Waals surface area contributed by atoms with Crippen LogP contribution in [0.1, 0.15) is 22.8 Å².